The highest BCUT2D eigenvalue weighted by Crippen LogP contribution is 2.20. The van der Waals surface area contributed by atoms with Crippen LogP contribution in [0.15, 0.2) is 47.4 Å². The van der Waals surface area contributed by atoms with Gasteiger partial charge >= 0.3 is 5.97 Å². The van der Waals surface area contributed by atoms with E-state index in [4.69, 9.17) is 4.74 Å². The molecule has 0 fully saturated rings. The van der Waals surface area contributed by atoms with Crippen molar-refractivity contribution in [3.05, 3.63) is 59.2 Å². The number of carbonyl (C=O) groups excluding carboxylic acids is 1. The molecule has 27 heavy (non-hydrogen) atoms. The van der Waals surface area contributed by atoms with Gasteiger partial charge in [-0.3, -0.25) is 4.79 Å². The number of ether oxygens (including phenoxy) is 1. The molecule has 2 aromatic carbocycles. The molecule has 146 valence electrons. The number of hydrogen-bond donors (Lipinski definition) is 0. The number of esters is 1. The molecule has 0 radical (unpaired) electrons. The van der Waals surface area contributed by atoms with Gasteiger partial charge in [-0.1, -0.05) is 43.7 Å². The fraction of sp³-hybridized carbons (Fsp3) is 0.381. The number of aryl methyl sites for hydroxylation is 3. The summed E-state index contributed by atoms with van der Waals surface area (Å²) in [6.07, 6.45) is 0.727. The highest BCUT2D eigenvalue weighted by Gasteiger charge is 2.21. The Morgan fingerprint density at radius 3 is 2.19 bits per heavy atom. The van der Waals surface area contributed by atoms with E-state index in [2.05, 4.69) is 0 Å². The maximum absolute atomic E-state index is 12.5. The first-order chi connectivity index (χ1) is 12.8. The van der Waals surface area contributed by atoms with Crippen molar-refractivity contribution < 1.29 is 17.9 Å². The van der Waals surface area contributed by atoms with Crippen molar-refractivity contribution in [1.29, 1.82) is 0 Å². The standard InChI is InChI=1S/C21H27NO4S/c1-5-22(6-2)27(24,25)19-11-8-18(9-12-19)10-14-21(23)26-20-13-7-16(3)15-17(20)4/h7-9,11-13,15H,5-6,10,14H2,1-4H3. The quantitative estimate of drug-likeness (QED) is 0.508. The summed E-state index contributed by atoms with van der Waals surface area (Å²) in [7, 11) is -3.46. The maximum Gasteiger partial charge on any atom is 0.311 e. The maximum atomic E-state index is 12.5. The number of sulfonamides is 1. The van der Waals surface area contributed by atoms with E-state index in [0.717, 1.165) is 16.7 Å². The van der Waals surface area contributed by atoms with Gasteiger partial charge < -0.3 is 4.74 Å². The number of carbonyl (C=O) groups is 1. The van der Waals surface area contributed by atoms with E-state index >= 15 is 0 Å². The van der Waals surface area contributed by atoms with Gasteiger partial charge in [0.05, 0.1) is 4.90 Å². The summed E-state index contributed by atoms with van der Waals surface area (Å²) < 4.78 is 31.8. The highest BCUT2D eigenvalue weighted by atomic mass is 32.2. The molecule has 0 N–H and O–H groups in total. The molecule has 0 spiro atoms. The number of nitrogens with zero attached hydrogens (tertiary/aromatic N) is 1. The van der Waals surface area contributed by atoms with Crippen LogP contribution < -0.4 is 4.74 Å². The first-order valence-corrected chi connectivity index (χ1v) is 10.6. The van der Waals surface area contributed by atoms with Crippen molar-refractivity contribution in [2.75, 3.05) is 13.1 Å². The van der Waals surface area contributed by atoms with Crippen LogP contribution in [0.4, 0.5) is 0 Å². The Hall–Kier alpha value is -2.18. The molecule has 0 aromatic heterocycles. The molecule has 2 rings (SSSR count). The SMILES string of the molecule is CCN(CC)S(=O)(=O)c1ccc(CCC(=O)Oc2ccc(C)cc2C)cc1. The average molecular weight is 390 g/mol. The molecule has 0 atom stereocenters. The fourth-order valence-electron chi connectivity index (χ4n) is 2.87. The van der Waals surface area contributed by atoms with Gasteiger partial charge in [-0.05, 0) is 49.6 Å². The predicted octanol–water partition coefficient (Wildman–Crippen LogP) is 3.87. The number of rotatable bonds is 8. The van der Waals surface area contributed by atoms with Crippen LogP contribution in [-0.4, -0.2) is 31.8 Å². The Labute approximate surface area is 162 Å². The molecule has 0 bridgehead atoms. The molecular formula is C21H27NO4S. The molecule has 0 aliphatic rings. The van der Waals surface area contributed by atoms with Gasteiger partial charge in [-0.15, -0.1) is 0 Å². The first kappa shape index (κ1) is 21.1. The zero-order valence-electron chi connectivity index (χ0n) is 16.4. The Morgan fingerprint density at radius 2 is 1.63 bits per heavy atom. The van der Waals surface area contributed by atoms with Gasteiger partial charge in [0.25, 0.3) is 0 Å². The number of hydrogen-bond acceptors (Lipinski definition) is 4. The summed E-state index contributed by atoms with van der Waals surface area (Å²) in [5.74, 6) is 0.271. The minimum Gasteiger partial charge on any atom is -0.426 e. The normalized spacial score (nSPS) is 11.6. The van der Waals surface area contributed by atoms with Crippen molar-refractivity contribution in [3.63, 3.8) is 0 Å². The second kappa shape index (κ2) is 9.15. The van der Waals surface area contributed by atoms with Crippen molar-refractivity contribution in [2.24, 2.45) is 0 Å². The molecule has 6 heteroatoms. The monoisotopic (exact) mass is 389 g/mol. The molecule has 0 unspecified atom stereocenters. The number of benzene rings is 2. The van der Waals surface area contributed by atoms with Crippen molar-refractivity contribution in [3.8, 4) is 5.75 Å². The Morgan fingerprint density at radius 1 is 1.00 bits per heavy atom. The second-order valence-electron chi connectivity index (χ2n) is 6.48. The van der Waals surface area contributed by atoms with Gasteiger partial charge in [-0.2, -0.15) is 4.31 Å². The van der Waals surface area contributed by atoms with Crippen LogP contribution in [0, 0.1) is 13.8 Å². The van der Waals surface area contributed by atoms with Crippen molar-refractivity contribution >= 4 is 16.0 Å². The molecule has 0 heterocycles. The van der Waals surface area contributed by atoms with Gasteiger partial charge in [0.1, 0.15) is 5.75 Å². The molecule has 0 saturated heterocycles. The molecular weight excluding hydrogens is 362 g/mol. The third-order valence-electron chi connectivity index (χ3n) is 4.44. The molecule has 5 nitrogen and oxygen atoms in total. The van der Waals surface area contributed by atoms with E-state index in [0.29, 0.717) is 25.3 Å². The van der Waals surface area contributed by atoms with E-state index in [1.165, 1.54) is 4.31 Å². The van der Waals surface area contributed by atoms with E-state index in [1.807, 2.05) is 39.8 Å². The third kappa shape index (κ3) is 5.40. The summed E-state index contributed by atoms with van der Waals surface area (Å²) in [6, 6.07) is 12.4. The van der Waals surface area contributed by atoms with E-state index in [-0.39, 0.29) is 17.3 Å². The molecule has 2 aromatic rings. The summed E-state index contributed by atoms with van der Waals surface area (Å²) in [5, 5.41) is 0. The van der Waals surface area contributed by atoms with Crippen LogP contribution in [0.2, 0.25) is 0 Å². The van der Waals surface area contributed by atoms with Crippen molar-refractivity contribution in [1.82, 2.24) is 4.31 Å². The lowest BCUT2D eigenvalue weighted by Crippen LogP contribution is -2.30. The first-order valence-electron chi connectivity index (χ1n) is 9.15. The second-order valence-corrected chi connectivity index (χ2v) is 8.41. The van der Waals surface area contributed by atoms with Crippen LogP contribution in [0.3, 0.4) is 0 Å². The average Bonchev–Trinajstić information content (AvgIpc) is 2.63. The zero-order chi connectivity index (χ0) is 20.0. The van der Waals surface area contributed by atoms with E-state index < -0.39 is 10.0 Å². The van der Waals surface area contributed by atoms with Crippen LogP contribution in [-0.2, 0) is 21.2 Å². The van der Waals surface area contributed by atoms with Gasteiger partial charge in [0.15, 0.2) is 0 Å². The smallest absolute Gasteiger partial charge is 0.311 e. The lowest BCUT2D eigenvalue weighted by atomic mass is 10.1. The summed E-state index contributed by atoms with van der Waals surface area (Å²) in [4.78, 5) is 12.4. The minimum absolute atomic E-state index is 0.232. The van der Waals surface area contributed by atoms with E-state index in [9.17, 15) is 13.2 Å². The van der Waals surface area contributed by atoms with Gasteiger partial charge in [0.2, 0.25) is 10.0 Å². The van der Waals surface area contributed by atoms with Gasteiger partial charge in [0, 0.05) is 19.5 Å². The van der Waals surface area contributed by atoms with Crippen LogP contribution in [0.5, 0.6) is 5.75 Å². The van der Waals surface area contributed by atoms with E-state index in [1.54, 1.807) is 30.3 Å². The Bertz CT molecular complexity index is 885. The highest BCUT2D eigenvalue weighted by molar-refractivity contribution is 7.89. The topological polar surface area (TPSA) is 63.7 Å². The molecule has 0 amide bonds. The minimum atomic E-state index is -3.46. The summed E-state index contributed by atoms with van der Waals surface area (Å²) >= 11 is 0. The Balaban J connectivity index is 1.97. The fourth-order valence-corrected chi connectivity index (χ4v) is 4.33. The summed E-state index contributed by atoms with van der Waals surface area (Å²) in [5.41, 5.74) is 2.94. The van der Waals surface area contributed by atoms with Crippen LogP contribution in [0.1, 0.15) is 37.0 Å². The van der Waals surface area contributed by atoms with Crippen LogP contribution in [0.25, 0.3) is 0 Å². The lowest BCUT2D eigenvalue weighted by molar-refractivity contribution is -0.134. The molecule has 0 aliphatic carbocycles. The zero-order valence-corrected chi connectivity index (χ0v) is 17.2. The van der Waals surface area contributed by atoms with Crippen LogP contribution >= 0.6 is 0 Å². The largest absolute Gasteiger partial charge is 0.426 e. The molecule has 0 aliphatic heterocycles. The third-order valence-corrected chi connectivity index (χ3v) is 6.50. The van der Waals surface area contributed by atoms with Gasteiger partial charge in [-0.25, -0.2) is 8.42 Å². The lowest BCUT2D eigenvalue weighted by Gasteiger charge is -2.18. The molecule has 0 saturated carbocycles. The predicted molar refractivity (Wildman–Crippen MR) is 106 cm³/mol. The van der Waals surface area contributed by atoms with Crippen molar-refractivity contribution in [2.45, 2.75) is 45.4 Å². The Kier molecular flexibility index (Phi) is 7.16. The summed E-state index contributed by atoms with van der Waals surface area (Å²) in [6.45, 7) is 8.40.